The second kappa shape index (κ2) is 5.05. The first kappa shape index (κ1) is 12.8. The fraction of sp³-hybridized carbons (Fsp3) is 0.357. The number of aromatic nitrogens is 1. The molecule has 0 aliphatic carbocycles. The number of morpholine rings is 1. The molecule has 106 valence electrons. The summed E-state index contributed by atoms with van der Waals surface area (Å²) in [5.41, 5.74) is 0. The van der Waals surface area contributed by atoms with Gasteiger partial charge in [0.05, 0.1) is 20.3 Å². The predicted octanol–water partition coefficient (Wildman–Crippen LogP) is 1.49. The summed E-state index contributed by atoms with van der Waals surface area (Å²) >= 11 is 0. The average molecular weight is 276 g/mol. The molecule has 0 atom stereocenters. The summed E-state index contributed by atoms with van der Waals surface area (Å²) in [7, 11) is 1.44. The van der Waals surface area contributed by atoms with Crippen LogP contribution in [0.25, 0.3) is 10.8 Å². The summed E-state index contributed by atoms with van der Waals surface area (Å²) in [4.78, 5) is 6.44. The van der Waals surface area contributed by atoms with Gasteiger partial charge in [-0.2, -0.15) is 0 Å². The van der Waals surface area contributed by atoms with Crippen molar-refractivity contribution in [1.29, 1.82) is 0 Å². The molecule has 0 bridgehead atoms. The molecule has 2 aromatic rings. The Kier molecular flexibility index (Phi) is 3.23. The zero-order valence-corrected chi connectivity index (χ0v) is 11.2. The number of aromatic hydroxyl groups is 2. The van der Waals surface area contributed by atoms with Gasteiger partial charge in [-0.3, -0.25) is 0 Å². The van der Waals surface area contributed by atoms with E-state index >= 15 is 0 Å². The minimum Gasteiger partial charge on any atom is -0.507 e. The van der Waals surface area contributed by atoms with E-state index in [1.807, 2.05) is 0 Å². The molecule has 1 saturated heterocycles. The van der Waals surface area contributed by atoms with Crippen LogP contribution in [0.1, 0.15) is 0 Å². The van der Waals surface area contributed by atoms with E-state index in [4.69, 9.17) is 9.47 Å². The summed E-state index contributed by atoms with van der Waals surface area (Å²) in [5, 5.41) is 21.2. The van der Waals surface area contributed by atoms with E-state index in [-0.39, 0.29) is 17.2 Å². The molecule has 0 saturated carbocycles. The number of nitrogens with zero attached hydrogens (tertiary/aromatic N) is 2. The van der Waals surface area contributed by atoms with Gasteiger partial charge in [-0.1, -0.05) is 0 Å². The lowest BCUT2D eigenvalue weighted by Crippen LogP contribution is -2.36. The molecule has 6 heteroatoms. The summed E-state index contributed by atoms with van der Waals surface area (Å²) in [6.45, 7) is 2.86. The second-order valence-corrected chi connectivity index (χ2v) is 4.63. The number of phenolic OH excluding ortho intramolecular Hbond substituents is 2. The van der Waals surface area contributed by atoms with E-state index in [1.165, 1.54) is 13.2 Å². The van der Waals surface area contributed by atoms with Crippen LogP contribution in [-0.4, -0.2) is 48.6 Å². The Morgan fingerprint density at radius 2 is 1.95 bits per heavy atom. The molecule has 1 aliphatic heterocycles. The second-order valence-electron chi connectivity index (χ2n) is 4.63. The Bertz CT molecular complexity index is 639. The number of methoxy groups -OCH3 is 1. The molecule has 0 amide bonds. The number of phenols is 2. The largest absolute Gasteiger partial charge is 0.507 e. The molecule has 1 fully saturated rings. The molecule has 20 heavy (non-hydrogen) atoms. The molecular weight excluding hydrogens is 260 g/mol. The molecule has 2 heterocycles. The van der Waals surface area contributed by atoms with Crippen molar-refractivity contribution < 1.29 is 19.7 Å². The van der Waals surface area contributed by atoms with Crippen molar-refractivity contribution in [2.24, 2.45) is 0 Å². The maximum atomic E-state index is 10.1. The lowest BCUT2D eigenvalue weighted by Gasteiger charge is -2.28. The van der Waals surface area contributed by atoms with E-state index in [9.17, 15) is 10.2 Å². The smallest absolute Gasteiger partial charge is 0.167 e. The highest BCUT2D eigenvalue weighted by Gasteiger charge is 2.16. The van der Waals surface area contributed by atoms with Crippen LogP contribution in [0.3, 0.4) is 0 Å². The van der Waals surface area contributed by atoms with Crippen LogP contribution in [0.2, 0.25) is 0 Å². The summed E-state index contributed by atoms with van der Waals surface area (Å²) in [6, 6.07) is 3.18. The molecule has 1 aromatic carbocycles. The first-order valence-electron chi connectivity index (χ1n) is 6.42. The van der Waals surface area contributed by atoms with Crippen LogP contribution in [0.4, 0.5) is 5.82 Å². The number of hydrogen-bond donors (Lipinski definition) is 2. The molecule has 3 rings (SSSR count). The SMILES string of the molecule is COc1cc(O)c2cc(N3CCOCC3)ncc2c1O. The molecule has 0 radical (unpaired) electrons. The van der Waals surface area contributed by atoms with Gasteiger partial charge in [-0.05, 0) is 6.07 Å². The zero-order chi connectivity index (χ0) is 14.1. The Labute approximate surface area is 116 Å². The number of hydrogen-bond acceptors (Lipinski definition) is 6. The first-order valence-corrected chi connectivity index (χ1v) is 6.42. The minimum absolute atomic E-state index is 0.0127. The molecular formula is C14H16N2O4. The van der Waals surface area contributed by atoms with Crippen molar-refractivity contribution in [3.05, 3.63) is 18.3 Å². The van der Waals surface area contributed by atoms with Crippen LogP contribution < -0.4 is 9.64 Å². The number of fused-ring (bicyclic) bond motifs is 1. The minimum atomic E-state index is -0.0127. The average Bonchev–Trinajstić information content (AvgIpc) is 2.51. The van der Waals surface area contributed by atoms with Crippen molar-refractivity contribution in [1.82, 2.24) is 4.98 Å². The van der Waals surface area contributed by atoms with Crippen molar-refractivity contribution in [2.45, 2.75) is 0 Å². The van der Waals surface area contributed by atoms with Gasteiger partial charge >= 0.3 is 0 Å². The normalized spacial score (nSPS) is 15.6. The van der Waals surface area contributed by atoms with Crippen LogP contribution in [-0.2, 0) is 4.74 Å². The van der Waals surface area contributed by atoms with Gasteiger partial charge in [-0.25, -0.2) is 4.98 Å². The molecule has 1 aliphatic rings. The van der Waals surface area contributed by atoms with Crippen LogP contribution in [0.15, 0.2) is 18.3 Å². The first-order chi connectivity index (χ1) is 9.70. The lowest BCUT2D eigenvalue weighted by molar-refractivity contribution is 0.122. The van der Waals surface area contributed by atoms with Crippen molar-refractivity contribution in [3.8, 4) is 17.2 Å². The third-order valence-corrected chi connectivity index (χ3v) is 3.48. The van der Waals surface area contributed by atoms with E-state index < -0.39 is 0 Å². The molecule has 0 unspecified atom stereocenters. The summed E-state index contributed by atoms with van der Waals surface area (Å²) in [6.07, 6.45) is 1.55. The topological polar surface area (TPSA) is 75.1 Å². The number of benzene rings is 1. The Hall–Kier alpha value is -2.21. The quantitative estimate of drug-likeness (QED) is 0.809. The van der Waals surface area contributed by atoms with Gasteiger partial charge in [-0.15, -0.1) is 0 Å². The standard InChI is InChI=1S/C14H16N2O4/c1-19-12-7-11(17)9-6-13(15-8-10(9)14(12)18)16-2-4-20-5-3-16/h6-8,17-18H,2-5H2,1H3. The highest BCUT2D eigenvalue weighted by atomic mass is 16.5. The highest BCUT2D eigenvalue weighted by Crippen LogP contribution is 2.40. The summed E-state index contributed by atoms with van der Waals surface area (Å²) in [5.74, 6) is 1.05. The molecule has 6 nitrogen and oxygen atoms in total. The fourth-order valence-electron chi connectivity index (χ4n) is 2.37. The van der Waals surface area contributed by atoms with E-state index in [0.29, 0.717) is 24.0 Å². The van der Waals surface area contributed by atoms with E-state index in [2.05, 4.69) is 9.88 Å². The van der Waals surface area contributed by atoms with Crippen LogP contribution in [0.5, 0.6) is 17.2 Å². The highest BCUT2D eigenvalue weighted by molar-refractivity contribution is 5.96. The van der Waals surface area contributed by atoms with Crippen LogP contribution in [0, 0.1) is 0 Å². The molecule has 2 N–H and O–H groups in total. The van der Waals surface area contributed by atoms with Gasteiger partial charge in [0.15, 0.2) is 11.5 Å². The summed E-state index contributed by atoms with van der Waals surface area (Å²) < 4.78 is 10.3. The lowest BCUT2D eigenvalue weighted by atomic mass is 10.1. The number of anilines is 1. The van der Waals surface area contributed by atoms with Crippen molar-refractivity contribution in [3.63, 3.8) is 0 Å². The Morgan fingerprint density at radius 1 is 1.20 bits per heavy atom. The monoisotopic (exact) mass is 276 g/mol. The number of rotatable bonds is 2. The van der Waals surface area contributed by atoms with Gasteiger partial charge in [0.25, 0.3) is 0 Å². The van der Waals surface area contributed by atoms with Gasteiger partial charge in [0.1, 0.15) is 11.6 Å². The maximum Gasteiger partial charge on any atom is 0.167 e. The van der Waals surface area contributed by atoms with Gasteiger partial charge < -0.3 is 24.6 Å². The third kappa shape index (κ3) is 2.08. The predicted molar refractivity (Wildman–Crippen MR) is 74.7 cm³/mol. The molecule has 0 spiro atoms. The third-order valence-electron chi connectivity index (χ3n) is 3.48. The maximum absolute atomic E-state index is 10.1. The fourth-order valence-corrected chi connectivity index (χ4v) is 2.37. The van der Waals surface area contributed by atoms with E-state index in [0.717, 1.165) is 18.9 Å². The Morgan fingerprint density at radius 3 is 2.65 bits per heavy atom. The number of pyridine rings is 1. The van der Waals surface area contributed by atoms with E-state index in [1.54, 1.807) is 12.3 Å². The van der Waals surface area contributed by atoms with Gasteiger partial charge in [0, 0.05) is 36.1 Å². The number of ether oxygens (including phenoxy) is 2. The van der Waals surface area contributed by atoms with Crippen molar-refractivity contribution in [2.75, 3.05) is 38.3 Å². The van der Waals surface area contributed by atoms with Crippen molar-refractivity contribution >= 4 is 16.6 Å². The molecule has 1 aromatic heterocycles. The Balaban J connectivity index is 2.09. The van der Waals surface area contributed by atoms with Gasteiger partial charge in [0.2, 0.25) is 0 Å². The zero-order valence-electron chi connectivity index (χ0n) is 11.2. The van der Waals surface area contributed by atoms with Crippen LogP contribution >= 0.6 is 0 Å².